The normalized spacial score (nSPS) is 23.9. The largest absolute Gasteiger partial charge is 0.592 e. The van der Waals surface area contributed by atoms with E-state index in [-0.39, 0.29) is 12.5 Å². The Balaban J connectivity index is 1.58. The van der Waals surface area contributed by atoms with Gasteiger partial charge in [-0.3, -0.25) is 9.69 Å². The molecule has 0 radical (unpaired) electrons. The number of amides is 1. The number of hydrogen-bond acceptors (Lipinski definition) is 4. The zero-order valence-electron chi connectivity index (χ0n) is 15.0. The van der Waals surface area contributed by atoms with E-state index in [0.717, 1.165) is 16.9 Å². The van der Waals surface area contributed by atoms with E-state index in [1.54, 1.807) is 22.4 Å². The van der Waals surface area contributed by atoms with Gasteiger partial charge in [-0.1, -0.05) is 51.9 Å². The van der Waals surface area contributed by atoms with E-state index in [1.807, 2.05) is 54.6 Å². The SMILES string of the molecule is O=C1N(c2ccccc2)c2ccccc2C12CCN([S+](=O)([O-])c1cccs1)C2. The smallest absolute Gasteiger partial charge is 0.243 e. The Hall–Kier alpha value is -2.32. The predicted molar refractivity (Wildman–Crippen MR) is 109 cm³/mol. The molecule has 142 valence electrons. The highest BCUT2D eigenvalue weighted by molar-refractivity contribution is 7.97. The molecular weight excluding hydrogens is 392 g/mol. The summed E-state index contributed by atoms with van der Waals surface area (Å²) in [5.74, 6) is -0.0521. The average Bonchev–Trinajstić information content (AvgIpc) is 3.44. The van der Waals surface area contributed by atoms with Gasteiger partial charge in [0.2, 0.25) is 10.1 Å². The summed E-state index contributed by atoms with van der Waals surface area (Å²) in [6, 6.07) is 20.6. The fourth-order valence-corrected chi connectivity index (χ4v) is 6.90. The minimum absolute atomic E-state index is 0.0521. The number of para-hydroxylation sites is 2. The van der Waals surface area contributed by atoms with Gasteiger partial charge in [-0.05, 0) is 41.6 Å². The number of carbonyl (C=O) groups excluding carboxylic acids is 1. The van der Waals surface area contributed by atoms with Gasteiger partial charge in [0.15, 0.2) is 10.4 Å². The summed E-state index contributed by atoms with van der Waals surface area (Å²) in [5.41, 5.74) is 1.72. The van der Waals surface area contributed by atoms with Crippen LogP contribution in [0.3, 0.4) is 0 Å². The molecule has 2 atom stereocenters. The molecule has 0 saturated carbocycles. The van der Waals surface area contributed by atoms with Gasteiger partial charge < -0.3 is 4.55 Å². The van der Waals surface area contributed by atoms with Crippen molar-refractivity contribution in [1.82, 2.24) is 4.31 Å². The molecule has 3 heterocycles. The first-order valence-corrected chi connectivity index (χ1v) is 11.4. The number of nitrogens with zero attached hydrogens (tertiary/aromatic N) is 2. The number of anilines is 2. The topological polar surface area (TPSA) is 63.7 Å². The first kappa shape index (κ1) is 17.8. The minimum atomic E-state index is -3.59. The average molecular weight is 411 g/mol. The lowest BCUT2D eigenvalue weighted by molar-refractivity contribution is -0.122. The number of hydrogen-bond donors (Lipinski definition) is 0. The maximum atomic E-state index is 13.7. The molecule has 1 fully saturated rings. The van der Waals surface area contributed by atoms with Crippen LogP contribution in [-0.2, 0) is 24.8 Å². The van der Waals surface area contributed by atoms with Crippen LogP contribution in [0, 0.1) is 0 Å². The van der Waals surface area contributed by atoms with Crippen molar-refractivity contribution in [2.45, 2.75) is 16.0 Å². The van der Waals surface area contributed by atoms with Crippen molar-refractivity contribution in [3.8, 4) is 0 Å². The lowest BCUT2D eigenvalue weighted by Crippen LogP contribution is -2.43. The highest BCUT2D eigenvalue weighted by Crippen LogP contribution is 2.51. The van der Waals surface area contributed by atoms with Gasteiger partial charge in [-0.2, -0.15) is 0 Å². The van der Waals surface area contributed by atoms with Crippen molar-refractivity contribution in [1.29, 1.82) is 0 Å². The Morgan fingerprint density at radius 1 is 1.00 bits per heavy atom. The third-order valence-corrected chi connectivity index (χ3v) is 8.83. The molecule has 0 aliphatic carbocycles. The molecule has 0 N–H and O–H groups in total. The highest BCUT2D eigenvalue weighted by atomic mass is 32.3. The molecule has 2 unspecified atom stereocenters. The molecule has 1 spiro atoms. The van der Waals surface area contributed by atoms with Crippen molar-refractivity contribution in [3.05, 3.63) is 77.7 Å². The first-order valence-electron chi connectivity index (χ1n) is 9.07. The zero-order chi connectivity index (χ0) is 19.4. The van der Waals surface area contributed by atoms with Crippen LogP contribution in [0.15, 0.2) is 76.3 Å². The number of rotatable bonds is 3. The maximum Gasteiger partial charge on any atom is 0.243 e. The predicted octanol–water partition coefficient (Wildman–Crippen LogP) is 3.97. The van der Waals surface area contributed by atoms with Crippen LogP contribution in [0.2, 0.25) is 0 Å². The van der Waals surface area contributed by atoms with E-state index in [0.29, 0.717) is 17.2 Å². The van der Waals surface area contributed by atoms with Gasteiger partial charge >= 0.3 is 0 Å². The van der Waals surface area contributed by atoms with Crippen molar-refractivity contribution >= 4 is 39.0 Å². The molecule has 0 bridgehead atoms. The van der Waals surface area contributed by atoms with Crippen LogP contribution in [0.1, 0.15) is 12.0 Å². The van der Waals surface area contributed by atoms with Crippen LogP contribution >= 0.6 is 11.3 Å². The fourth-order valence-electron chi connectivity index (χ4n) is 4.26. The first-order chi connectivity index (χ1) is 13.5. The fraction of sp³-hybridized carbons (Fsp3) is 0.190. The standard InChI is InChI=1S/C21H18N2O3S2/c24-20-21(12-13-22(15-21)28(25,26)19-11-6-14-27-19)17-9-4-5-10-18(17)23(20)16-7-2-1-3-8-16/h1-11,14H,12-13,15H2. The molecule has 2 aromatic carbocycles. The van der Waals surface area contributed by atoms with Crippen LogP contribution in [0.5, 0.6) is 0 Å². The molecule has 3 aromatic rings. The highest BCUT2D eigenvalue weighted by Gasteiger charge is 2.58. The van der Waals surface area contributed by atoms with E-state index in [1.165, 1.54) is 15.6 Å². The number of sulfonamides is 1. The summed E-state index contributed by atoms with van der Waals surface area (Å²) in [4.78, 5) is 15.4. The zero-order valence-corrected chi connectivity index (χ0v) is 16.6. The van der Waals surface area contributed by atoms with Crippen molar-refractivity contribution in [2.24, 2.45) is 0 Å². The Bertz CT molecular complexity index is 1080. The minimum Gasteiger partial charge on any atom is -0.592 e. The van der Waals surface area contributed by atoms with Gasteiger partial charge in [-0.25, -0.2) is 0 Å². The van der Waals surface area contributed by atoms with Gasteiger partial charge in [-0.15, -0.1) is 4.31 Å². The Labute approximate surface area is 168 Å². The second-order valence-corrected chi connectivity index (χ2v) is 10.2. The van der Waals surface area contributed by atoms with Crippen LogP contribution < -0.4 is 4.90 Å². The summed E-state index contributed by atoms with van der Waals surface area (Å²) < 4.78 is 27.8. The van der Waals surface area contributed by atoms with Crippen LogP contribution in [0.4, 0.5) is 11.4 Å². The number of thiophene rings is 1. The molecule has 5 nitrogen and oxygen atoms in total. The van der Waals surface area contributed by atoms with Crippen molar-refractivity contribution < 1.29 is 13.6 Å². The van der Waals surface area contributed by atoms with E-state index in [9.17, 15) is 13.6 Å². The van der Waals surface area contributed by atoms with E-state index < -0.39 is 15.8 Å². The van der Waals surface area contributed by atoms with Crippen LogP contribution in [0.25, 0.3) is 0 Å². The summed E-state index contributed by atoms with van der Waals surface area (Å²) in [5, 5.41) is 1.76. The van der Waals surface area contributed by atoms with E-state index >= 15 is 0 Å². The molecule has 7 heteroatoms. The third-order valence-electron chi connectivity index (χ3n) is 5.61. The molecule has 1 saturated heterocycles. The second kappa shape index (κ2) is 6.35. The van der Waals surface area contributed by atoms with Gasteiger partial charge in [0, 0.05) is 18.3 Å². The molecule has 5 rings (SSSR count). The Morgan fingerprint density at radius 3 is 2.50 bits per heavy atom. The van der Waals surface area contributed by atoms with E-state index in [4.69, 9.17) is 0 Å². The lowest BCUT2D eigenvalue weighted by Gasteiger charge is -2.26. The summed E-state index contributed by atoms with van der Waals surface area (Å²) in [6.07, 6.45) is 0.483. The van der Waals surface area contributed by atoms with Gasteiger partial charge in [0.25, 0.3) is 0 Å². The number of fused-ring (bicyclic) bond motifs is 2. The quantitative estimate of drug-likeness (QED) is 0.614. The molecule has 2 aliphatic rings. The molecule has 28 heavy (non-hydrogen) atoms. The Morgan fingerprint density at radius 2 is 1.75 bits per heavy atom. The summed E-state index contributed by atoms with van der Waals surface area (Å²) in [7, 11) is -3.59. The third kappa shape index (κ3) is 2.44. The van der Waals surface area contributed by atoms with Crippen molar-refractivity contribution in [3.63, 3.8) is 0 Å². The molecular formula is C21H18N2O3S2. The summed E-state index contributed by atoms with van der Waals surface area (Å²) in [6.45, 7) is 0.509. The van der Waals surface area contributed by atoms with Crippen LogP contribution in [-0.4, -0.2) is 27.9 Å². The molecule has 2 aliphatic heterocycles. The monoisotopic (exact) mass is 410 g/mol. The molecule has 1 aromatic heterocycles. The van der Waals surface area contributed by atoms with Gasteiger partial charge in [0.05, 0.1) is 17.6 Å². The second-order valence-electron chi connectivity index (χ2n) is 7.10. The number of carbonyl (C=O) groups is 1. The lowest BCUT2D eigenvalue weighted by atomic mass is 9.81. The molecule has 1 amide bonds. The van der Waals surface area contributed by atoms with E-state index in [2.05, 4.69) is 0 Å². The maximum absolute atomic E-state index is 13.7. The van der Waals surface area contributed by atoms with Crippen molar-refractivity contribution in [2.75, 3.05) is 18.0 Å². The van der Waals surface area contributed by atoms with Gasteiger partial charge in [0.1, 0.15) is 0 Å². The number of benzene rings is 2. The summed E-state index contributed by atoms with van der Waals surface area (Å²) >= 11 is 1.21. The Kier molecular flexibility index (Phi) is 4.03.